The minimum absolute atomic E-state index is 0.243. The molecule has 0 radical (unpaired) electrons. The van der Waals surface area contributed by atoms with Gasteiger partial charge in [-0.3, -0.25) is 0 Å². The van der Waals surface area contributed by atoms with Gasteiger partial charge in [0, 0.05) is 0 Å². The van der Waals surface area contributed by atoms with E-state index in [0.29, 0.717) is 0 Å². The van der Waals surface area contributed by atoms with Crippen molar-refractivity contribution in [3.8, 4) is 12.1 Å². The Morgan fingerprint density at radius 2 is 1.29 bits per heavy atom. The Labute approximate surface area is 143 Å². The minimum atomic E-state index is -0.283. The van der Waals surface area contributed by atoms with Crippen LogP contribution in [-0.4, -0.2) is 0 Å². The van der Waals surface area contributed by atoms with Crippen molar-refractivity contribution in [3.63, 3.8) is 0 Å². The highest BCUT2D eigenvalue weighted by atomic mass is 14.3. The van der Waals surface area contributed by atoms with E-state index in [9.17, 15) is 10.5 Å². The van der Waals surface area contributed by atoms with Crippen LogP contribution < -0.4 is 0 Å². The maximum absolute atomic E-state index is 9.56. The Hall–Kier alpha value is -3.10. The van der Waals surface area contributed by atoms with Crippen molar-refractivity contribution >= 4 is 0 Å². The lowest BCUT2D eigenvalue weighted by Crippen LogP contribution is -2.02. The molecule has 0 amide bonds. The van der Waals surface area contributed by atoms with E-state index in [4.69, 9.17) is 0 Å². The number of nitrogens with zero attached hydrogens (tertiary/aromatic N) is 2. The first-order chi connectivity index (χ1) is 11.8. The van der Waals surface area contributed by atoms with Gasteiger partial charge in [0.05, 0.1) is 24.0 Å². The lowest BCUT2D eigenvalue weighted by atomic mass is 9.86. The molecule has 0 aromatic heterocycles. The summed E-state index contributed by atoms with van der Waals surface area (Å²) in [7, 11) is 0. The van der Waals surface area contributed by atoms with E-state index in [1.807, 2.05) is 60.7 Å². The number of allylic oxidation sites excluding steroid dienone is 4. The van der Waals surface area contributed by atoms with Crippen LogP contribution in [0.3, 0.4) is 0 Å². The van der Waals surface area contributed by atoms with Gasteiger partial charge >= 0.3 is 0 Å². The average molecular weight is 310 g/mol. The molecule has 0 N–H and O–H groups in total. The molecule has 0 heterocycles. The second kappa shape index (κ2) is 7.44. The van der Waals surface area contributed by atoms with Crippen LogP contribution in [0.25, 0.3) is 0 Å². The number of nitriles is 2. The fraction of sp³-hybridized carbons (Fsp3) is 0.182. The van der Waals surface area contributed by atoms with Crippen molar-refractivity contribution in [1.82, 2.24) is 0 Å². The van der Waals surface area contributed by atoms with Gasteiger partial charge in [-0.2, -0.15) is 10.5 Å². The van der Waals surface area contributed by atoms with E-state index in [1.54, 1.807) is 0 Å². The van der Waals surface area contributed by atoms with Gasteiger partial charge in [-0.15, -0.1) is 0 Å². The standard InChI is InChI=1S/C22H18N2/c23-15-21(17-7-3-1-4-8-17)19-11-13-20(14-12-19)22(16-24)18-9-5-2-6-10-18/h1,3-5,7-14,21-22H,2,6H2. The summed E-state index contributed by atoms with van der Waals surface area (Å²) < 4.78 is 0. The zero-order valence-electron chi connectivity index (χ0n) is 13.4. The molecule has 24 heavy (non-hydrogen) atoms. The molecule has 0 saturated heterocycles. The predicted molar refractivity (Wildman–Crippen MR) is 95.2 cm³/mol. The molecule has 0 bridgehead atoms. The van der Waals surface area contributed by atoms with Gasteiger partial charge in [0.1, 0.15) is 0 Å². The summed E-state index contributed by atoms with van der Waals surface area (Å²) in [4.78, 5) is 0. The van der Waals surface area contributed by atoms with E-state index in [2.05, 4.69) is 24.3 Å². The first-order valence-electron chi connectivity index (χ1n) is 8.14. The summed E-state index contributed by atoms with van der Waals surface area (Å²) >= 11 is 0. The molecular weight excluding hydrogens is 292 g/mol. The second-order valence-corrected chi connectivity index (χ2v) is 5.89. The zero-order valence-corrected chi connectivity index (χ0v) is 13.4. The maximum atomic E-state index is 9.56. The van der Waals surface area contributed by atoms with E-state index in [0.717, 1.165) is 35.1 Å². The Morgan fingerprint density at radius 3 is 1.83 bits per heavy atom. The molecule has 1 aliphatic rings. The van der Waals surface area contributed by atoms with Gasteiger partial charge in [-0.1, -0.05) is 72.8 Å². The van der Waals surface area contributed by atoms with Gasteiger partial charge in [0.25, 0.3) is 0 Å². The molecular formula is C22H18N2. The average Bonchev–Trinajstić information content (AvgIpc) is 2.66. The van der Waals surface area contributed by atoms with Crippen molar-refractivity contribution in [2.24, 2.45) is 0 Å². The lowest BCUT2D eigenvalue weighted by Gasteiger charge is -2.15. The second-order valence-electron chi connectivity index (χ2n) is 5.89. The van der Waals surface area contributed by atoms with Crippen LogP contribution in [0, 0.1) is 22.7 Å². The highest BCUT2D eigenvalue weighted by Crippen LogP contribution is 2.30. The number of rotatable bonds is 4. The quantitative estimate of drug-likeness (QED) is 0.776. The molecule has 2 aromatic rings. The summed E-state index contributed by atoms with van der Waals surface area (Å²) in [5.74, 6) is -0.526. The van der Waals surface area contributed by atoms with Crippen molar-refractivity contribution < 1.29 is 0 Å². The number of hydrogen-bond donors (Lipinski definition) is 0. The van der Waals surface area contributed by atoms with E-state index >= 15 is 0 Å². The van der Waals surface area contributed by atoms with Crippen molar-refractivity contribution in [2.45, 2.75) is 24.7 Å². The third-order valence-corrected chi connectivity index (χ3v) is 4.35. The first kappa shape index (κ1) is 15.8. The van der Waals surface area contributed by atoms with Crippen LogP contribution >= 0.6 is 0 Å². The SMILES string of the molecule is N#CC(C1=CCCC=C1)c1ccc(C(C#N)c2ccccc2)cc1. The molecule has 0 aliphatic heterocycles. The maximum Gasteiger partial charge on any atom is 0.0962 e. The molecule has 0 spiro atoms. The highest BCUT2D eigenvalue weighted by molar-refractivity contribution is 5.45. The number of benzene rings is 2. The minimum Gasteiger partial charge on any atom is -0.197 e. The first-order valence-corrected chi connectivity index (χ1v) is 8.14. The third-order valence-electron chi connectivity index (χ3n) is 4.35. The summed E-state index contributed by atoms with van der Waals surface area (Å²) in [6.07, 6.45) is 8.35. The predicted octanol–water partition coefficient (Wildman–Crippen LogP) is 5.23. The molecule has 3 rings (SSSR count). The van der Waals surface area contributed by atoms with Crippen LogP contribution in [0.4, 0.5) is 0 Å². The van der Waals surface area contributed by atoms with Gasteiger partial charge in [-0.05, 0) is 35.1 Å². The molecule has 2 heteroatoms. The van der Waals surface area contributed by atoms with Crippen LogP contribution in [0.15, 0.2) is 78.4 Å². The molecule has 116 valence electrons. The van der Waals surface area contributed by atoms with E-state index < -0.39 is 0 Å². The molecule has 0 saturated carbocycles. The smallest absolute Gasteiger partial charge is 0.0962 e. The van der Waals surface area contributed by atoms with Crippen LogP contribution in [-0.2, 0) is 0 Å². The monoisotopic (exact) mass is 310 g/mol. The molecule has 1 aliphatic carbocycles. The Balaban J connectivity index is 1.87. The van der Waals surface area contributed by atoms with Crippen molar-refractivity contribution in [1.29, 1.82) is 10.5 Å². The topological polar surface area (TPSA) is 47.6 Å². The Kier molecular flexibility index (Phi) is 4.90. The van der Waals surface area contributed by atoms with Crippen molar-refractivity contribution in [3.05, 3.63) is 95.1 Å². The van der Waals surface area contributed by atoms with E-state index in [1.165, 1.54) is 0 Å². The van der Waals surface area contributed by atoms with Crippen LogP contribution in [0.5, 0.6) is 0 Å². The fourth-order valence-corrected chi connectivity index (χ4v) is 3.06. The van der Waals surface area contributed by atoms with E-state index in [-0.39, 0.29) is 11.8 Å². The molecule has 0 fully saturated rings. The molecule has 2 nitrogen and oxygen atoms in total. The third kappa shape index (κ3) is 3.29. The van der Waals surface area contributed by atoms with Gasteiger partial charge in [-0.25, -0.2) is 0 Å². The fourth-order valence-electron chi connectivity index (χ4n) is 3.06. The summed E-state index contributed by atoms with van der Waals surface area (Å²) in [6, 6.07) is 22.4. The van der Waals surface area contributed by atoms with Gasteiger partial charge < -0.3 is 0 Å². The number of hydrogen-bond acceptors (Lipinski definition) is 2. The lowest BCUT2D eigenvalue weighted by molar-refractivity contribution is 0.948. The Morgan fingerprint density at radius 1 is 0.708 bits per heavy atom. The summed E-state index contributed by atoms with van der Waals surface area (Å²) in [5, 5.41) is 19.1. The highest BCUT2D eigenvalue weighted by Gasteiger charge is 2.17. The summed E-state index contributed by atoms with van der Waals surface area (Å²) in [6.45, 7) is 0. The van der Waals surface area contributed by atoms with Crippen molar-refractivity contribution in [2.75, 3.05) is 0 Å². The van der Waals surface area contributed by atoms with Crippen LogP contribution in [0.2, 0.25) is 0 Å². The largest absolute Gasteiger partial charge is 0.197 e. The van der Waals surface area contributed by atoms with Gasteiger partial charge in [0.2, 0.25) is 0 Å². The Bertz CT molecular complexity index is 830. The normalized spacial score (nSPS) is 15.7. The summed E-state index contributed by atoms with van der Waals surface area (Å²) in [5.41, 5.74) is 3.99. The van der Waals surface area contributed by atoms with Crippen LogP contribution in [0.1, 0.15) is 41.4 Å². The van der Waals surface area contributed by atoms with Gasteiger partial charge in [0.15, 0.2) is 0 Å². The molecule has 2 unspecified atom stereocenters. The zero-order chi connectivity index (χ0) is 16.8. The molecule has 2 aromatic carbocycles. The molecule has 2 atom stereocenters.